The van der Waals surface area contributed by atoms with E-state index < -0.39 is 11.9 Å². The van der Waals surface area contributed by atoms with Crippen molar-refractivity contribution in [3.63, 3.8) is 0 Å². The predicted octanol–water partition coefficient (Wildman–Crippen LogP) is 4.15. The highest BCUT2D eigenvalue weighted by Crippen LogP contribution is 2.38. The maximum Gasteiger partial charge on any atom is 0.142 e. The van der Waals surface area contributed by atoms with Gasteiger partial charge in [0.25, 0.3) is 0 Å². The van der Waals surface area contributed by atoms with E-state index in [0.717, 1.165) is 12.0 Å². The molecule has 0 spiro atoms. The molecular weight excluding hydrogens is 302 g/mol. The predicted molar refractivity (Wildman–Crippen MR) is 76.1 cm³/mol. The van der Waals surface area contributed by atoms with Crippen LogP contribution in [0.25, 0.3) is 0 Å². The second-order valence-electron chi connectivity index (χ2n) is 4.66. The molecule has 0 fully saturated rings. The van der Waals surface area contributed by atoms with Gasteiger partial charge >= 0.3 is 0 Å². The van der Waals surface area contributed by atoms with Gasteiger partial charge in [0.1, 0.15) is 17.7 Å². The Hall–Kier alpha value is -1.29. The monoisotopic (exact) mass is 312 g/mol. The lowest BCUT2D eigenvalue weighted by atomic mass is 9.98. The van der Waals surface area contributed by atoms with Crippen LogP contribution in [0.2, 0.25) is 10.0 Å². The molecule has 2 aromatic carbocycles. The lowest BCUT2D eigenvalue weighted by Crippen LogP contribution is -2.03. The summed E-state index contributed by atoms with van der Waals surface area (Å²) in [6, 6.07) is 7.68. The molecule has 0 saturated carbocycles. The Kier molecular flexibility index (Phi) is 3.59. The van der Waals surface area contributed by atoms with Gasteiger partial charge in [0.2, 0.25) is 0 Å². The molecule has 1 aliphatic rings. The SMILES string of the molecule is OC(c1ccc(Cl)c(F)c1)c1cc(Cl)cc2c1OCC2. The first-order valence-corrected chi connectivity index (χ1v) is 6.90. The van der Waals surface area contributed by atoms with Crippen molar-refractivity contribution in [1.82, 2.24) is 0 Å². The van der Waals surface area contributed by atoms with Crippen molar-refractivity contribution in [2.45, 2.75) is 12.5 Å². The quantitative estimate of drug-likeness (QED) is 0.902. The number of aliphatic hydroxyl groups excluding tert-OH is 1. The molecular formula is C15H11Cl2FO2. The van der Waals surface area contributed by atoms with E-state index in [0.29, 0.717) is 28.5 Å². The van der Waals surface area contributed by atoms with Gasteiger partial charge in [-0.25, -0.2) is 4.39 Å². The van der Waals surface area contributed by atoms with Gasteiger partial charge in [-0.2, -0.15) is 0 Å². The minimum absolute atomic E-state index is 0.0218. The lowest BCUT2D eigenvalue weighted by molar-refractivity contribution is 0.213. The van der Waals surface area contributed by atoms with Crippen LogP contribution in [0.15, 0.2) is 30.3 Å². The molecule has 0 saturated heterocycles. The highest BCUT2D eigenvalue weighted by molar-refractivity contribution is 6.31. The van der Waals surface area contributed by atoms with E-state index >= 15 is 0 Å². The van der Waals surface area contributed by atoms with Crippen LogP contribution < -0.4 is 4.74 Å². The third kappa shape index (κ3) is 2.37. The van der Waals surface area contributed by atoms with E-state index in [1.54, 1.807) is 12.1 Å². The fourth-order valence-electron chi connectivity index (χ4n) is 2.36. The average molecular weight is 313 g/mol. The van der Waals surface area contributed by atoms with Gasteiger partial charge in [0.05, 0.1) is 11.6 Å². The fraction of sp³-hybridized carbons (Fsp3) is 0.200. The Labute approximate surface area is 125 Å². The van der Waals surface area contributed by atoms with Crippen LogP contribution in [-0.4, -0.2) is 11.7 Å². The molecule has 104 valence electrons. The number of rotatable bonds is 2. The number of benzene rings is 2. The van der Waals surface area contributed by atoms with Crippen molar-refractivity contribution in [3.8, 4) is 5.75 Å². The Balaban J connectivity index is 2.06. The van der Waals surface area contributed by atoms with Crippen LogP contribution in [0.1, 0.15) is 22.8 Å². The number of hydrogen-bond acceptors (Lipinski definition) is 2. The van der Waals surface area contributed by atoms with Crippen molar-refractivity contribution < 1.29 is 14.2 Å². The summed E-state index contributed by atoms with van der Waals surface area (Å²) in [5.74, 6) is 0.0695. The van der Waals surface area contributed by atoms with Crippen molar-refractivity contribution in [1.29, 1.82) is 0 Å². The van der Waals surface area contributed by atoms with Crippen LogP contribution in [-0.2, 0) is 6.42 Å². The van der Waals surface area contributed by atoms with Gasteiger partial charge in [-0.15, -0.1) is 0 Å². The largest absolute Gasteiger partial charge is 0.493 e. The van der Waals surface area contributed by atoms with E-state index in [9.17, 15) is 9.50 Å². The van der Waals surface area contributed by atoms with E-state index in [-0.39, 0.29) is 5.02 Å². The Morgan fingerprint density at radius 2 is 2.00 bits per heavy atom. The minimum atomic E-state index is -1.01. The van der Waals surface area contributed by atoms with Gasteiger partial charge < -0.3 is 9.84 Å². The summed E-state index contributed by atoms with van der Waals surface area (Å²) in [4.78, 5) is 0. The third-order valence-corrected chi connectivity index (χ3v) is 3.86. The van der Waals surface area contributed by atoms with E-state index in [1.807, 2.05) is 6.07 Å². The molecule has 1 heterocycles. The van der Waals surface area contributed by atoms with Crippen LogP contribution in [0, 0.1) is 5.82 Å². The number of aliphatic hydroxyl groups is 1. The molecule has 3 rings (SSSR count). The molecule has 1 atom stereocenters. The van der Waals surface area contributed by atoms with Crippen LogP contribution in [0.5, 0.6) is 5.75 Å². The van der Waals surface area contributed by atoms with Crippen LogP contribution in [0.3, 0.4) is 0 Å². The normalized spacial score (nSPS) is 14.8. The zero-order valence-corrected chi connectivity index (χ0v) is 11.9. The first-order chi connectivity index (χ1) is 9.56. The summed E-state index contributed by atoms with van der Waals surface area (Å²) in [7, 11) is 0. The molecule has 0 amide bonds. The minimum Gasteiger partial charge on any atom is -0.493 e. The van der Waals surface area contributed by atoms with Gasteiger partial charge in [0.15, 0.2) is 0 Å². The summed E-state index contributed by atoms with van der Waals surface area (Å²) in [6.07, 6.45) is -0.253. The number of ether oxygens (including phenoxy) is 1. The van der Waals surface area contributed by atoms with E-state index in [2.05, 4.69) is 0 Å². The smallest absolute Gasteiger partial charge is 0.142 e. The fourth-order valence-corrected chi connectivity index (χ4v) is 2.73. The first-order valence-electron chi connectivity index (χ1n) is 6.14. The summed E-state index contributed by atoms with van der Waals surface area (Å²) in [5.41, 5.74) is 1.92. The second-order valence-corrected chi connectivity index (χ2v) is 5.50. The molecule has 5 heteroatoms. The van der Waals surface area contributed by atoms with Crippen LogP contribution in [0.4, 0.5) is 4.39 Å². The topological polar surface area (TPSA) is 29.5 Å². The van der Waals surface area contributed by atoms with Crippen molar-refractivity contribution in [3.05, 3.63) is 62.9 Å². The maximum atomic E-state index is 13.5. The molecule has 1 aliphatic heterocycles. The number of fused-ring (bicyclic) bond motifs is 1. The summed E-state index contributed by atoms with van der Waals surface area (Å²) in [5, 5.41) is 11.0. The molecule has 2 aromatic rings. The first kappa shape index (κ1) is 13.7. The molecule has 1 unspecified atom stereocenters. The highest BCUT2D eigenvalue weighted by Gasteiger charge is 2.23. The molecule has 20 heavy (non-hydrogen) atoms. The zero-order chi connectivity index (χ0) is 14.3. The van der Waals surface area contributed by atoms with Crippen molar-refractivity contribution in [2.24, 2.45) is 0 Å². The van der Waals surface area contributed by atoms with E-state index in [4.69, 9.17) is 27.9 Å². The van der Waals surface area contributed by atoms with Crippen molar-refractivity contribution >= 4 is 23.2 Å². The van der Waals surface area contributed by atoms with Crippen LogP contribution >= 0.6 is 23.2 Å². The summed E-state index contributed by atoms with van der Waals surface area (Å²) < 4.78 is 19.1. The molecule has 1 N–H and O–H groups in total. The third-order valence-electron chi connectivity index (χ3n) is 3.33. The van der Waals surface area contributed by atoms with Gasteiger partial charge in [-0.05, 0) is 35.4 Å². The van der Waals surface area contributed by atoms with Gasteiger partial charge in [0, 0.05) is 17.0 Å². The van der Waals surface area contributed by atoms with Gasteiger partial charge in [-0.1, -0.05) is 29.3 Å². The Morgan fingerprint density at radius 3 is 2.75 bits per heavy atom. The van der Waals surface area contributed by atoms with E-state index in [1.165, 1.54) is 12.1 Å². The summed E-state index contributed by atoms with van der Waals surface area (Å²) >= 11 is 11.7. The number of halogens is 3. The lowest BCUT2D eigenvalue weighted by Gasteiger charge is -2.16. The molecule has 0 bridgehead atoms. The average Bonchev–Trinajstić information content (AvgIpc) is 2.88. The molecule has 0 radical (unpaired) electrons. The Morgan fingerprint density at radius 1 is 1.20 bits per heavy atom. The zero-order valence-electron chi connectivity index (χ0n) is 10.4. The standard InChI is InChI=1S/C15H11Cl2FO2/c16-10-5-9-3-4-20-15(9)11(7-10)14(19)8-1-2-12(17)13(18)6-8/h1-2,5-7,14,19H,3-4H2. The molecule has 2 nitrogen and oxygen atoms in total. The van der Waals surface area contributed by atoms with Gasteiger partial charge in [-0.3, -0.25) is 0 Å². The van der Waals surface area contributed by atoms with Crippen molar-refractivity contribution in [2.75, 3.05) is 6.61 Å². The number of hydrogen-bond donors (Lipinski definition) is 1. The molecule has 0 aliphatic carbocycles. The molecule has 0 aromatic heterocycles. The maximum absolute atomic E-state index is 13.5. The second kappa shape index (κ2) is 5.24. The highest BCUT2D eigenvalue weighted by atomic mass is 35.5. The summed E-state index contributed by atoms with van der Waals surface area (Å²) in [6.45, 7) is 0.560. The Bertz CT molecular complexity index is 673.